The van der Waals surface area contributed by atoms with Gasteiger partial charge < -0.3 is 16.2 Å². The summed E-state index contributed by atoms with van der Waals surface area (Å²) in [5.74, 6) is 0.0833. The molecule has 2 aromatic carbocycles. The molecule has 102 valence electrons. The minimum absolute atomic E-state index is 0.0833. The van der Waals surface area contributed by atoms with Gasteiger partial charge in [-0.3, -0.25) is 0 Å². The van der Waals surface area contributed by atoms with E-state index in [9.17, 15) is 8.78 Å². The van der Waals surface area contributed by atoms with Gasteiger partial charge in [-0.05, 0) is 17.7 Å². The molecule has 0 saturated carbocycles. The Hall–Kier alpha value is -2.14. The predicted molar refractivity (Wildman–Crippen MR) is 71.8 cm³/mol. The molecule has 2 rings (SSSR count). The number of ether oxygens (including phenoxy) is 1. The third-order valence-electron chi connectivity index (χ3n) is 2.16. The fourth-order valence-corrected chi connectivity index (χ4v) is 1.30. The van der Waals surface area contributed by atoms with Crippen molar-refractivity contribution in [1.82, 2.24) is 0 Å². The first kappa shape index (κ1) is 14.9. The van der Waals surface area contributed by atoms with Crippen LogP contribution in [0.15, 0.2) is 54.6 Å². The highest BCUT2D eigenvalue weighted by atomic mass is 19.3. The molecule has 0 amide bonds. The topological polar surface area (TPSA) is 61.3 Å². The zero-order valence-corrected chi connectivity index (χ0v) is 10.3. The van der Waals surface area contributed by atoms with Crippen LogP contribution < -0.4 is 16.2 Å². The Morgan fingerprint density at radius 2 is 1.68 bits per heavy atom. The standard InChI is InChI=1S/C7H7F2NO.C7H9N/c8-7(9)11-6-3-1-2-5(10)4-6;8-6-7-4-2-1-3-5-7/h1-4,7H,10H2;1-5H,6,8H2. The van der Waals surface area contributed by atoms with E-state index in [4.69, 9.17) is 11.5 Å². The first-order chi connectivity index (χ1) is 9.11. The Morgan fingerprint density at radius 3 is 2.16 bits per heavy atom. The highest BCUT2D eigenvalue weighted by Gasteiger charge is 2.02. The number of rotatable bonds is 3. The summed E-state index contributed by atoms with van der Waals surface area (Å²) in [5, 5.41) is 0. The van der Waals surface area contributed by atoms with Crippen LogP contribution in [0, 0.1) is 0 Å². The molecular weight excluding hydrogens is 250 g/mol. The summed E-state index contributed by atoms with van der Waals surface area (Å²) in [7, 11) is 0. The summed E-state index contributed by atoms with van der Waals surface area (Å²) >= 11 is 0. The van der Waals surface area contributed by atoms with Gasteiger partial charge in [0, 0.05) is 18.3 Å². The first-order valence-corrected chi connectivity index (χ1v) is 5.66. The van der Waals surface area contributed by atoms with Gasteiger partial charge in [-0.1, -0.05) is 36.4 Å². The second kappa shape index (κ2) is 8.05. The third kappa shape index (κ3) is 6.38. The lowest BCUT2D eigenvalue weighted by Crippen LogP contribution is -2.01. The Labute approximate surface area is 110 Å². The summed E-state index contributed by atoms with van der Waals surface area (Å²) in [6.45, 7) is -2.15. The molecule has 0 aromatic heterocycles. The number of alkyl halides is 2. The van der Waals surface area contributed by atoms with E-state index < -0.39 is 6.61 Å². The fourth-order valence-electron chi connectivity index (χ4n) is 1.30. The molecule has 0 saturated heterocycles. The number of hydrogen-bond acceptors (Lipinski definition) is 3. The summed E-state index contributed by atoms with van der Waals surface area (Å²) in [4.78, 5) is 0. The van der Waals surface area contributed by atoms with Crippen LogP contribution in [0.3, 0.4) is 0 Å². The van der Waals surface area contributed by atoms with E-state index in [1.165, 1.54) is 17.7 Å². The number of nitrogen functional groups attached to an aromatic ring is 1. The molecule has 19 heavy (non-hydrogen) atoms. The van der Waals surface area contributed by atoms with E-state index in [-0.39, 0.29) is 5.75 Å². The lowest BCUT2D eigenvalue weighted by molar-refractivity contribution is -0.0497. The maximum absolute atomic E-state index is 11.6. The summed E-state index contributed by atoms with van der Waals surface area (Å²) in [6, 6.07) is 15.9. The van der Waals surface area contributed by atoms with Crippen LogP contribution in [0.1, 0.15) is 5.56 Å². The van der Waals surface area contributed by atoms with Crippen molar-refractivity contribution < 1.29 is 13.5 Å². The largest absolute Gasteiger partial charge is 0.435 e. The number of hydrogen-bond donors (Lipinski definition) is 2. The van der Waals surface area contributed by atoms with Crippen molar-refractivity contribution in [3.63, 3.8) is 0 Å². The van der Waals surface area contributed by atoms with Crippen LogP contribution in [0.25, 0.3) is 0 Å². The number of anilines is 1. The van der Waals surface area contributed by atoms with Crippen molar-refractivity contribution in [3.05, 3.63) is 60.2 Å². The molecule has 0 aliphatic carbocycles. The Morgan fingerprint density at radius 1 is 1.00 bits per heavy atom. The van der Waals surface area contributed by atoms with E-state index >= 15 is 0 Å². The van der Waals surface area contributed by atoms with Gasteiger partial charge in [-0.2, -0.15) is 8.78 Å². The molecule has 5 heteroatoms. The maximum atomic E-state index is 11.6. The van der Waals surface area contributed by atoms with Crippen molar-refractivity contribution in [2.45, 2.75) is 13.2 Å². The molecular formula is C14H16F2N2O. The SMILES string of the molecule is NCc1ccccc1.Nc1cccc(OC(F)F)c1. The maximum Gasteiger partial charge on any atom is 0.387 e. The monoisotopic (exact) mass is 266 g/mol. The van der Waals surface area contributed by atoms with Crippen molar-refractivity contribution >= 4 is 5.69 Å². The Bertz CT molecular complexity index is 478. The molecule has 3 nitrogen and oxygen atoms in total. The molecule has 0 aliphatic rings. The van der Waals surface area contributed by atoms with Crippen LogP contribution in [0.5, 0.6) is 5.75 Å². The number of halogens is 2. The zero-order chi connectivity index (χ0) is 14.1. The van der Waals surface area contributed by atoms with Gasteiger partial charge >= 0.3 is 6.61 Å². The lowest BCUT2D eigenvalue weighted by atomic mass is 10.2. The number of benzene rings is 2. The molecule has 0 radical (unpaired) electrons. The smallest absolute Gasteiger partial charge is 0.387 e. The van der Waals surface area contributed by atoms with Gasteiger partial charge in [0.25, 0.3) is 0 Å². The molecule has 0 bridgehead atoms. The third-order valence-corrected chi connectivity index (χ3v) is 2.16. The molecule has 0 fully saturated rings. The van der Waals surface area contributed by atoms with Gasteiger partial charge in [-0.25, -0.2) is 0 Å². The highest BCUT2D eigenvalue weighted by Crippen LogP contribution is 2.16. The average molecular weight is 266 g/mol. The zero-order valence-electron chi connectivity index (χ0n) is 10.3. The second-order valence-electron chi connectivity index (χ2n) is 3.64. The van der Waals surface area contributed by atoms with Crippen molar-refractivity contribution in [2.24, 2.45) is 5.73 Å². The van der Waals surface area contributed by atoms with E-state index in [1.54, 1.807) is 12.1 Å². The van der Waals surface area contributed by atoms with Crippen LogP contribution in [-0.2, 0) is 6.54 Å². The second-order valence-corrected chi connectivity index (χ2v) is 3.64. The summed E-state index contributed by atoms with van der Waals surface area (Å²) in [5.41, 5.74) is 12.3. The molecule has 0 aliphatic heterocycles. The van der Waals surface area contributed by atoms with Crippen molar-refractivity contribution in [2.75, 3.05) is 5.73 Å². The molecule has 0 heterocycles. The van der Waals surface area contributed by atoms with Crippen LogP contribution in [0.2, 0.25) is 0 Å². The minimum atomic E-state index is -2.79. The van der Waals surface area contributed by atoms with Gasteiger partial charge in [0.2, 0.25) is 0 Å². The molecule has 4 N–H and O–H groups in total. The highest BCUT2D eigenvalue weighted by molar-refractivity contribution is 5.43. The molecule has 2 aromatic rings. The summed E-state index contributed by atoms with van der Waals surface area (Å²) < 4.78 is 27.3. The van der Waals surface area contributed by atoms with Gasteiger partial charge in [0.05, 0.1) is 0 Å². The van der Waals surface area contributed by atoms with Gasteiger partial charge in [0.15, 0.2) is 0 Å². The van der Waals surface area contributed by atoms with Gasteiger partial charge in [0.1, 0.15) is 5.75 Å². The minimum Gasteiger partial charge on any atom is -0.435 e. The molecule has 0 unspecified atom stereocenters. The van der Waals surface area contributed by atoms with Crippen LogP contribution in [-0.4, -0.2) is 6.61 Å². The molecule has 0 atom stereocenters. The average Bonchev–Trinajstić information content (AvgIpc) is 2.40. The van der Waals surface area contributed by atoms with Crippen LogP contribution in [0.4, 0.5) is 14.5 Å². The quantitative estimate of drug-likeness (QED) is 0.839. The van der Waals surface area contributed by atoms with E-state index in [0.29, 0.717) is 12.2 Å². The Balaban J connectivity index is 0.000000200. The molecule has 0 spiro atoms. The first-order valence-electron chi connectivity index (χ1n) is 5.66. The van der Waals surface area contributed by atoms with E-state index in [0.717, 1.165) is 0 Å². The van der Waals surface area contributed by atoms with Crippen LogP contribution >= 0.6 is 0 Å². The Kier molecular flexibility index (Phi) is 6.32. The fraction of sp³-hybridized carbons (Fsp3) is 0.143. The summed E-state index contributed by atoms with van der Waals surface area (Å²) in [6.07, 6.45) is 0. The number of nitrogens with two attached hydrogens (primary N) is 2. The lowest BCUT2D eigenvalue weighted by Gasteiger charge is -2.03. The normalized spacial score (nSPS) is 9.68. The van der Waals surface area contributed by atoms with Gasteiger partial charge in [-0.15, -0.1) is 0 Å². The van der Waals surface area contributed by atoms with E-state index in [1.807, 2.05) is 30.3 Å². The van der Waals surface area contributed by atoms with Crippen molar-refractivity contribution in [1.29, 1.82) is 0 Å². The predicted octanol–water partition coefficient (Wildman–Crippen LogP) is 3.02. The van der Waals surface area contributed by atoms with Crippen molar-refractivity contribution in [3.8, 4) is 5.75 Å². The van der Waals surface area contributed by atoms with E-state index in [2.05, 4.69) is 4.74 Å².